The molecule has 2 atom stereocenters. The van der Waals surface area contributed by atoms with Crippen molar-refractivity contribution in [2.45, 2.75) is 83.2 Å². The van der Waals surface area contributed by atoms with Crippen molar-refractivity contribution in [1.82, 2.24) is 9.58 Å². The van der Waals surface area contributed by atoms with Crippen molar-refractivity contribution < 1.29 is 38.2 Å². The highest BCUT2D eigenvalue weighted by molar-refractivity contribution is 7.92. The number of nitrogens with one attached hydrogen (secondary N) is 1. The molecule has 16 heteroatoms. The maximum atomic E-state index is 14.6. The molecule has 0 bridgehead atoms. The predicted molar refractivity (Wildman–Crippen MR) is 224 cm³/mol. The number of carbonyl (C=O) groups excluding carboxylic acids is 1. The van der Waals surface area contributed by atoms with Crippen molar-refractivity contribution >= 4 is 45.4 Å². The number of unbranched alkanes of at least 4 members (excludes halogenated alkanes) is 6. The number of carboxylic acids is 1. The largest absolute Gasteiger partial charge is 0.480 e. The lowest BCUT2D eigenvalue weighted by atomic mass is 9.99. The monoisotopic (exact) mass is 827 g/mol. The molecule has 1 aliphatic heterocycles. The minimum absolute atomic E-state index is 0.0623. The number of benzene rings is 3. The smallest absolute Gasteiger partial charge is 0.329 e. The number of amides is 1. The van der Waals surface area contributed by atoms with E-state index in [1.807, 2.05) is 0 Å². The number of allylic oxidation sites excluding steroid dienone is 1. The van der Waals surface area contributed by atoms with Crippen LogP contribution in [0.3, 0.4) is 0 Å². The number of sulfonamides is 1. The standard InChI is InChI=1S/C43H49N5O10S/c1-3-4-5-6-7-8-15-21-33-28-34(45-59(2,56)57)25-24-32(33)22-16-23-36-39(48(53)54)38-40(46(41(36)49)35(29-58-55)26-30-17-11-9-12-18-30)44-47(42(38)50)37(43(51)52)27-31-19-13-10-14-20-31/h9-14,16-20,22-25,28,35,37,45,55H,3-8,15,21,26-27,29H2,1-2H3,(H,51,52)/b22-16+,36-23-. The number of aliphatic carboxylic acids is 1. The van der Waals surface area contributed by atoms with Crippen LogP contribution in [0.1, 0.15) is 90.5 Å². The van der Waals surface area contributed by atoms with Crippen LogP contribution in [0, 0.1) is 10.1 Å². The van der Waals surface area contributed by atoms with Gasteiger partial charge in [0, 0.05) is 12.1 Å². The lowest BCUT2D eigenvalue weighted by Gasteiger charge is -2.20. The number of nitrogens with zero attached hydrogens (tertiary/aromatic N) is 4. The van der Waals surface area contributed by atoms with E-state index in [9.17, 15) is 43.3 Å². The average Bonchev–Trinajstić information content (AvgIpc) is 3.52. The summed E-state index contributed by atoms with van der Waals surface area (Å²) in [6, 6.07) is 19.7. The summed E-state index contributed by atoms with van der Waals surface area (Å²) in [5.41, 5.74) is 0.321. The van der Waals surface area contributed by atoms with Gasteiger partial charge in [0.2, 0.25) is 10.0 Å². The number of hydrogen-bond donors (Lipinski definition) is 3. The summed E-state index contributed by atoms with van der Waals surface area (Å²) in [6.45, 7) is 1.67. The van der Waals surface area contributed by atoms with E-state index in [0.717, 1.165) is 54.9 Å². The number of pyridine rings is 1. The van der Waals surface area contributed by atoms with E-state index in [0.29, 0.717) is 33.8 Å². The Hall–Kier alpha value is -5.97. The van der Waals surface area contributed by atoms with Crippen LogP contribution < -0.4 is 21.0 Å². The van der Waals surface area contributed by atoms with E-state index in [1.54, 1.807) is 84.9 Å². The third-order valence-corrected chi connectivity index (χ3v) is 10.6. The minimum Gasteiger partial charge on any atom is -0.480 e. The van der Waals surface area contributed by atoms with Crippen LogP contribution in [0.5, 0.6) is 0 Å². The van der Waals surface area contributed by atoms with Crippen LogP contribution in [0.4, 0.5) is 11.4 Å². The van der Waals surface area contributed by atoms with Gasteiger partial charge >= 0.3 is 5.97 Å². The van der Waals surface area contributed by atoms with Gasteiger partial charge in [-0.1, -0.05) is 124 Å². The first-order valence-corrected chi connectivity index (χ1v) is 21.4. The number of rotatable bonds is 22. The van der Waals surface area contributed by atoms with Gasteiger partial charge < -0.3 is 5.11 Å². The summed E-state index contributed by atoms with van der Waals surface area (Å²) in [6.07, 6.45) is 13.3. The molecule has 5 rings (SSSR count). The van der Waals surface area contributed by atoms with Gasteiger partial charge in [-0.3, -0.25) is 34.2 Å². The average molecular weight is 828 g/mol. The molecule has 3 aromatic carbocycles. The van der Waals surface area contributed by atoms with E-state index in [1.165, 1.54) is 18.6 Å². The number of carbonyl (C=O) groups is 2. The zero-order chi connectivity index (χ0) is 42.5. The number of hydrogen-bond acceptors (Lipinski definition) is 10. The van der Waals surface area contributed by atoms with Crippen LogP contribution in [0.2, 0.25) is 0 Å². The van der Waals surface area contributed by atoms with Crippen LogP contribution >= 0.6 is 0 Å². The van der Waals surface area contributed by atoms with Crippen molar-refractivity contribution in [2.75, 3.05) is 17.6 Å². The highest BCUT2D eigenvalue weighted by Gasteiger charge is 2.42. The van der Waals surface area contributed by atoms with Crippen LogP contribution in [0.15, 0.2) is 94.8 Å². The molecule has 0 radical (unpaired) electrons. The fourth-order valence-corrected chi connectivity index (χ4v) is 7.79. The van der Waals surface area contributed by atoms with Crippen molar-refractivity contribution in [3.05, 3.63) is 144 Å². The highest BCUT2D eigenvalue weighted by atomic mass is 32.2. The predicted octanol–water partition coefficient (Wildman–Crippen LogP) is 5.87. The lowest BCUT2D eigenvalue weighted by molar-refractivity contribution is -0.386. The van der Waals surface area contributed by atoms with Crippen LogP contribution in [-0.4, -0.2) is 64.1 Å². The third kappa shape index (κ3) is 11.6. The lowest BCUT2D eigenvalue weighted by Crippen LogP contribution is -2.48. The molecule has 15 nitrogen and oxygen atoms in total. The summed E-state index contributed by atoms with van der Waals surface area (Å²) in [5, 5.41) is 37.4. The van der Waals surface area contributed by atoms with Crippen molar-refractivity contribution in [2.24, 2.45) is 5.10 Å². The Kier molecular flexibility index (Phi) is 15.4. The normalized spacial score (nSPS) is 14.0. The van der Waals surface area contributed by atoms with Gasteiger partial charge in [0.05, 0.1) is 17.2 Å². The molecule has 4 aromatic rings. The quantitative estimate of drug-likeness (QED) is 0.0371. The zero-order valence-electron chi connectivity index (χ0n) is 33.0. The van der Waals surface area contributed by atoms with Crippen LogP contribution in [-0.2, 0) is 39.0 Å². The molecule has 2 unspecified atom stereocenters. The van der Waals surface area contributed by atoms with Crippen LogP contribution in [0.25, 0.3) is 12.2 Å². The number of carboxylic acid groups (broad SMARTS) is 1. The van der Waals surface area contributed by atoms with E-state index < -0.39 is 73.0 Å². The maximum Gasteiger partial charge on any atom is 0.329 e. The second kappa shape index (κ2) is 20.6. The molecular formula is C43H49N5O10S. The molecule has 59 heavy (non-hydrogen) atoms. The Balaban J connectivity index is 1.65. The molecular weight excluding hydrogens is 779 g/mol. The van der Waals surface area contributed by atoms with Gasteiger partial charge in [0.1, 0.15) is 11.8 Å². The minimum atomic E-state index is -3.56. The molecule has 0 aliphatic carbocycles. The van der Waals surface area contributed by atoms with Gasteiger partial charge in [0.15, 0.2) is 17.1 Å². The Bertz CT molecular complexity index is 2460. The van der Waals surface area contributed by atoms with Crippen molar-refractivity contribution in [3.8, 4) is 0 Å². The SMILES string of the molecule is CCCCCCCCCc1cc(NS(C)(=O)=O)ccc1/C=C/C=c1/c([N+](=O)[O-])c2c(n(C(COO)Cc3ccccc3)c1=O)=NN(C(Cc1ccccc1)C(=O)O)C2=O. The first kappa shape index (κ1) is 44.1. The summed E-state index contributed by atoms with van der Waals surface area (Å²) in [7, 11) is -3.56. The molecule has 0 saturated carbocycles. The Morgan fingerprint density at radius 2 is 1.58 bits per heavy atom. The molecule has 3 N–H and O–H groups in total. The molecule has 1 aromatic heterocycles. The van der Waals surface area contributed by atoms with Gasteiger partial charge in [0.25, 0.3) is 17.2 Å². The number of anilines is 1. The van der Waals surface area contributed by atoms with Crippen molar-refractivity contribution in [3.63, 3.8) is 0 Å². The summed E-state index contributed by atoms with van der Waals surface area (Å²) in [5.74, 6) is -2.51. The summed E-state index contributed by atoms with van der Waals surface area (Å²) in [4.78, 5) is 58.1. The van der Waals surface area contributed by atoms with Gasteiger partial charge in [-0.05, 0) is 59.7 Å². The van der Waals surface area contributed by atoms with Gasteiger partial charge in [-0.15, -0.1) is 5.10 Å². The maximum absolute atomic E-state index is 14.6. The fourth-order valence-electron chi connectivity index (χ4n) is 7.23. The zero-order valence-corrected chi connectivity index (χ0v) is 33.8. The second-order valence-corrected chi connectivity index (χ2v) is 16.3. The summed E-state index contributed by atoms with van der Waals surface area (Å²) >= 11 is 0. The Labute approximate surface area is 342 Å². The van der Waals surface area contributed by atoms with Crippen molar-refractivity contribution in [1.29, 1.82) is 0 Å². The van der Waals surface area contributed by atoms with Gasteiger partial charge in [-0.2, -0.15) is 0 Å². The molecule has 0 saturated heterocycles. The second-order valence-electron chi connectivity index (χ2n) is 14.5. The van der Waals surface area contributed by atoms with E-state index in [2.05, 4.69) is 21.6 Å². The number of aryl methyl sites for hydroxylation is 1. The number of nitro groups is 1. The molecule has 0 fully saturated rings. The first-order valence-electron chi connectivity index (χ1n) is 19.5. The summed E-state index contributed by atoms with van der Waals surface area (Å²) < 4.78 is 27.6. The van der Waals surface area contributed by atoms with E-state index in [4.69, 9.17) is 0 Å². The third-order valence-electron chi connectivity index (χ3n) is 10.0. The number of fused-ring (bicyclic) bond motifs is 1. The molecule has 1 amide bonds. The van der Waals surface area contributed by atoms with E-state index in [-0.39, 0.29) is 12.8 Å². The molecule has 2 heterocycles. The Morgan fingerprint density at radius 3 is 2.17 bits per heavy atom. The fraction of sp³-hybridized carbons (Fsp3) is 0.349. The molecule has 1 aliphatic rings. The Morgan fingerprint density at radius 1 is 0.949 bits per heavy atom. The molecule has 0 spiro atoms. The number of aromatic nitrogens is 1. The van der Waals surface area contributed by atoms with E-state index >= 15 is 0 Å². The topological polar surface area (TPSA) is 211 Å². The molecule has 312 valence electrons. The highest BCUT2D eigenvalue weighted by Crippen LogP contribution is 2.24. The first-order chi connectivity index (χ1) is 28.3. The van der Waals surface area contributed by atoms with Gasteiger partial charge in [-0.25, -0.2) is 23.1 Å².